The van der Waals surface area contributed by atoms with Gasteiger partial charge in [-0.2, -0.15) is 4.99 Å². The van der Waals surface area contributed by atoms with Gasteiger partial charge in [0.1, 0.15) is 0 Å². The molecule has 0 radical (unpaired) electrons. The summed E-state index contributed by atoms with van der Waals surface area (Å²) in [6.07, 6.45) is 0. The van der Waals surface area contributed by atoms with Crippen molar-refractivity contribution in [1.29, 1.82) is 0 Å². The number of hydrogen-bond donors (Lipinski definition) is 0. The van der Waals surface area contributed by atoms with Crippen LogP contribution in [-0.2, 0) is 9.53 Å². The number of amides is 1. The molecule has 0 aliphatic carbocycles. The maximum atomic E-state index is 10.8. The lowest BCUT2D eigenvalue weighted by atomic mass is 10.1. The third-order valence-corrected chi connectivity index (χ3v) is 1.18. The van der Waals surface area contributed by atoms with Gasteiger partial charge in [-0.1, -0.05) is 0 Å². The Balaban J connectivity index is 2.84. The van der Waals surface area contributed by atoms with Gasteiger partial charge in [-0.15, -0.1) is 0 Å². The molecule has 1 aliphatic rings. The first-order chi connectivity index (χ1) is 4.02. The van der Waals surface area contributed by atoms with Gasteiger partial charge < -0.3 is 4.74 Å². The summed E-state index contributed by atoms with van der Waals surface area (Å²) in [6.45, 7) is 5.08. The van der Waals surface area contributed by atoms with E-state index >= 15 is 0 Å². The van der Waals surface area contributed by atoms with Crippen molar-refractivity contribution >= 4 is 11.8 Å². The van der Waals surface area contributed by atoms with Gasteiger partial charge in [0.05, 0.1) is 0 Å². The molecule has 0 aromatic rings. The minimum Gasteiger partial charge on any atom is -0.465 e. The van der Waals surface area contributed by atoms with E-state index < -0.39 is 5.60 Å². The van der Waals surface area contributed by atoms with Crippen LogP contribution < -0.4 is 0 Å². The smallest absolute Gasteiger partial charge is 0.292 e. The predicted octanol–water partition coefficient (Wildman–Crippen LogP) is 0.740. The fourth-order valence-electron chi connectivity index (χ4n) is 0.713. The maximum absolute atomic E-state index is 10.8. The van der Waals surface area contributed by atoms with Crippen LogP contribution in [0.5, 0.6) is 0 Å². The minimum atomic E-state index is -0.718. The Morgan fingerprint density at radius 1 is 1.56 bits per heavy atom. The van der Waals surface area contributed by atoms with Crippen molar-refractivity contribution in [3.8, 4) is 0 Å². The molecule has 1 rings (SSSR count). The average molecular weight is 127 g/mol. The molecule has 3 nitrogen and oxygen atoms in total. The molecule has 0 aromatic carbocycles. The zero-order chi connectivity index (χ0) is 7.07. The van der Waals surface area contributed by atoms with Crippen LogP contribution >= 0.6 is 0 Å². The molecule has 0 saturated carbocycles. The van der Waals surface area contributed by atoms with Crippen molar-refractivity contribution < 1.29 is 9.53 Å². The van der Waals surface area contributed by atoms with E-state index in [9.17, 15) is 4.79 Å². The Morgan fingerprint density at radius 2 is 2.11 bits per heavy atom. The van der Waals surface area contributed by atoms with Crippen LogP contribution in [0.25, 0.3) is 0 Å². The first-order valence-corrected chi connectivity index (χ1v) is 2.81. The Bertz CT molecular complexity index is 181. The fraction of sp³-hybridized carbons (Fsp3) is 0.667. The molecule has 3 heteroatoms. The first kappa shape index (κ1) is 6.26. The van der Waals surface area contributed by atoms with Crippen molar-refractivity contribution in [2.45, 2.75) is 26.4 Å². The fourth-order valence-corrected chi connectivity index (χ4v) is 0.713. The second-order valence-electron chi connectivity index (χ2n) is 2.55. The number of nitrogens with zero attached hydrogens (tertiary/aromatic N) is 1. The number of carbonyl (C=O) groups excluding carboxylic acids is 1. The van der Waals surface area contributed by atoms with E-state index in [0.717, 1.165) is 0 Å². The molecule has 0 unspecified atom stereocenters. The first-order valence-electron chi connectivity index (χ1n) is 2.81. The molecular weight excluding hydrogens is 118 g/mol. The van der Waals surface area contributed by atoms with E-state index in [2.05, 4.69) is 4.99 Å². The summed E-state index contributed by atoms with van der Waals surface area (Å²) < 4.78 is 5.06. The molecule has 1 aliphatic heterocycles. The molecule has 0 aromatic heterocycles. The monoisotopic (exact) mass is 127 g/mol. The van der Waals surface area contributed by atoms with Gasteiger partial charge in [0.2, 0.25) is 0 Å². The molecule has 0 bridgehead atoms. The molecule has 0 atom stereocenters. The molecule has 9 heavy (non-hydrogen) atoms. The van der Waals surface area contributed by atoms with Crippen molar-refractivity contribution in [3.05, 3.63) is 0 Å². The number of aliphatic imine (C=N–C) groups is 1. The highest BCUT2D eigenvalue weighted by Crippen LogP contribution is 2.17. The lowest BCUT2D eigenvalue weighted by Crippen LogP contribution is -2.28. The molecule has 0 spiro atoms. The van der Waals surface area contributed by atoms with E-state index in [1.54, 1.807) is 20.8 Å². The van der Waals surface area contributed by atoms with E-state index in [1.165, 1.54) is 0 Å². The zero-order valence-corrected chi connectivity index (χ0v) is 5.76. The highest BCUT2D eigenvalue weighted by atomic mass is 16.5. The lowest BCUT2D eigenvalue weighted by molar-refractivity contribution is -0.128. The minimum absolute atomic E-state index is 0.194. The SMILES string of the molecule is CC1=NC(=O)C(C)(C)O1. The van der Waals surface area contributed by atoms with Gasteiger partial charge in [-0.25, -0.2) is 0 Å². The molecule has 50 valence electrons. The average Bonchev–Trinajstić information content (AvgIpc) is 1.79. The third-order valence-electron chi connectivity index (χ3n) is 1.18. The van der Waals surface area contributed by atoms with Crippen molar-refractivity contribution in [2.24, 2.45) is 4.99 Å². The van der Waals surface area contributed by atoms with Crippen LogP contribution in [0.3, 0.4) is 0 Å². The largest absolute Gasteiger partial charge is 0.465 e. The molecule has 0 fully saturated rings. The molecule has 1 amide bonds. The second kappa shape index (κ2) is 1.56. The van der Waals surface area contributed by atoms with Crippen LogP contribution in [-0.4, -0.2) is 17.4 Å². The highest BCUT2D eigenvalue weighted by Gasteiger charge is 2.35. The summed E-state index contributed by atoms with van der Waals surface area (Å²) in [6, 6.07) is 0. The number of ether oxygens (including phenoxy) is 1. The van der Waals surface area contributed by atoms with E-state index in [0.29, 0.717) is 5.90 Å². The van der Waals surface area contributed by atoms with Crippen molar-refractivity contribution in [3.63, 3.8) is 0 Å². The zero-order valence-electron chi connectivity index (χ0n) is 5.76. The molecule has 0 saturated heterocycles. The summed E-state index contributed by atoms with van der Waals surface area (Å²) >= 11 is 0. The van der Waals surface area contributed by atoms with Crippen LogP contribution in [0.2, 0.25) is 0 Å². The standard InChI is InChI=1S/C6H9NO2/c1-4-7-5(8)6(2,3)9-4/h1-3H3. The predicted molar refractivity (Wildman–Crippen MR) is 33.3 cm³/mol. The van der Waals surface area contributed by atoms with E-state index in [-0.39, 0.29) is 5.91 Å². The molecule has 0 N–H and O–H groups in total. The Morgan fingerprint density at radius 3 is 2.22 bits per heavy atom. The van der Waals surface area contributed by atoms with Gasteiger partial charge in [-0.3, -0.25) is 4.79 Å². The Kier molecular flexibility index (Phi) is 1.08. The van der Waals surface area contributed by atoms with Gasteiger partial charge in [0.25, 0.3) is 5.91 Å². The second-order valence-corrected chi connectivity index (χ2v) is 2.55. The van der Waals surface area contributed by atoms with E-state index in [1.807, 2.05) is 0 Å². The van der Waals surface area contributed by atoms with Gasteiger partial charge >= 0.3 is 0 Å². The third kappa shape index (κ3) is 0.943. The van der Waals surface area contributed by atoms with Gasteiger partial charge in [-0.05, 0) is 13.8 Å². The van der Waals surface area contributed by atoms with Crippen molar-refractivity contribution in [2.75, 3.05) is 0 Å². The summed E-state index contributed by atoms with van der Waals surface area (Å²) in [5.74, 6) is 0.269. The topological polar surface area (TPSA) is 38.7 Å². The van der Waals surface area contributed by atoms with Crippen LogP contribution in [0, 0.1) is 0 Å². The number of hydrogen-bond acceptors (Lipinski definition) is 2. The van der Waals surface area contributed by atoms with Gasteiger partial charge in [0.15, 0.2) is 11.5 Å². The quantitative estimate of drug-likeness (QED) is 0.481. The summed E-state index contributed by atoms with van der Waals surface area (Å²) in [7, 11) is 0. The summed E-state index contributed by atoms with van der Waals surface area (Å²) in [5.41, 5.74) is -0.718. The van der Waals surface area contributed by atoms with Crippen LogP contribution in [0.15, 0.2) is 4.99 Å². The number of rotatable bonds is 0. The van der Waals surface area contributed by atoms with Crippen LogP contribution in [0.1, 0.15) is 20.8 Å². The molecule has 1 heterocycles. The van der Waals surface area contributed by atoms with Crippen molar-refractivity contribution in [1.82, 2.24) is 0 Å². The van der Waals surface area contributed by atoms with Crippen LogP contribution in [0.4, 0.5) is 0 Å². The van der Waals surface area contributed by atoms with Gasteiger partial charge in [0, 0.05) is 6.92 Å². The highest BCUT2D eigenvalue weighted by molar-refractivity contribution is 6.00. The van der Waals surface area contributed by atoms with E-state index in [4.69, 9.17) is 4.74 Å². The molecular formula is C6H9NO2. The Labute approximate surface area is 53.7 Å². The number of carbonyl (C=O) groups is 1. The normalized spacial score (nSPS) is 23.4. The maximum Gasteiger partial charge on any atom is 0.292 e. The summed E-state index contributed by atoms with van der Waals surface area (Å²) in [5, 5.41) is 0. The lowest BCUT2D eigenvalue weighted by Gasteiger charge is -2.13. The summed E-state index contributed by atoms with van der Waals surface area (Å²) in [4.78, 5) is 14.4. The Hall–Kier alpha value is -0.860.